The van der Waals surface area contributed by atoms with E-state index in [0.29, 0.717) is 24.3 Å². The number of phenolic OH excluding ortho intramolecular Hbond substituents is 2. The van der Waals surface area contributed by atoms with Crippen molar-refractivity contribution in [2.45, 2.75) is 12.8 Å². The summed E-state index contributed by atoms with van der Waals surface area (Å²) in [6, 6.07) is 10.2. The number of hydrogen-bond donors (Lipinski definition) is 4. The normalized spacial score (nSPS) is 13.2. The van der Waals surface area contributed by atoms with Crippen LogP contribution in [0.25, 0.3) is 0 Å². The van der Waals surface area contributed by atoms with Crippen molar-refractivity contribution in [3.8, 4) is 23.0 Å². The van der Waals surface area contributed by atoms with E-state index in [1.807, 2.05) is 18.2 Å². The lowest BCUT2D eigenvalue weighted by Crippen LogP contribution is -2.26. The molecule has 0 saturated carbocycles. The maximum Gasteiger partial charge on any atom is 0.160 e. The second kappa shape index (κ2) is 9.31. The van der Waals surface area contributed by atoms with Crippen LogP contribution in [0.15, 0.2) is 36.4 Å². The zero-order valence-corrected chi connectivity index (χ0v) is 15.1. The first-order valence-corrected chi connectivity index (χ1v) is 8.45. The van der Waals surface area contributed by atoms with Gasteiger partial charge in [0.15, 0.2) is 23.0 Å². The Bertz CT molecular complexity index is 715. The molecule has 0 aliphatic heterocycles. The third kappa shape index (κ3) is 4.80. The molecule has 4 N–H and O–H groups in total. The van der Waals surface area contributed by atoms with Crippen molar-refractivity contribution in [3.05, 3.63) is 47.5 Å². The van der Waals surface area contributed by atoms with E-state index in [2.05, 4.69) is 0 Å². The number of aromatic hydroxyl groups is 2. The maximum atomic E-state index is 9.84. The predicted molar refractivity (Wildman–Crippen MR) is 97.9 cm³/mol. The summed E-state index contributed by atoms with van der Waals surface area (Å²) in [5.41, 5.74) is 1.75. The Balaban J connectivity index is 2.15. The van der Waals surface area contributed by atoms with Crippen molar-refractivity contribution in [1.29, 1.82) is 0 Å². The monoisotopic (exact) mass is 362 g/mol. The molecule has 2 rings (SSSR count). The van der Waals surface area contributed by atoms with Gasteiger partial charge in [-0.15, -0.1) is 0 Å². The molecular formula is C20H26O6. The molecule has 0 spiro atoms. The van der Waals surface area contributed by atoms with Gasteiger partial charge in [-0.25, -0.2) is 0 Å². The van der Waals surface area contributed by atoms with Gasteiger partial charge >= 0.3 is 0 Å². The largest absolute Gasteiger partial charge is 0.504 e. The van der Waals surface area contributed by atoms with Gasteiger partial charge in [-0.3, -0.25) is 0 Å². The van der Waals surface area contributed by atoms with E-state index in [4.69, 9.17) is 9.47 Å². The Kier molecular flexibility index (Phi) is 7.12. The summed E-state index contributed by atoms with van der Waals surface area (Å²) < 4.78 is 10.5. The Hall–Kier alpha value is -2.44. The van der Waals surface area contributed by atoms with E-state index in [9.17, 15) is 20.4 Å². The minimum absolute atomic E-state index is 0.0797. The van der Waals surface area contributed by atoms with E-state index >= 15 is 0 Å². The third-order valence-electron chi connectivity index (χ3n) is 4.62. The fraction of sp³-hybridized carbons (Fsp3) is 0.400. The summed E-state index contributed by atoms with van der Waals surface area (Å²) in [7, 11) is 3.14. The molecule has 0 aliphatic rings. The highest BCUT2D eigenvalue weighted by Crippen LogP contribution is 2.31. The zero-order chi connectivity index (χ0) is 19.1. The Morgan fingerprint density at radius 3 is 1.77 bits per heavy atom. The van der Waals surface area contributed by atoms with Crippen LogP contribution in [0.3, 0.4) is 0 Å². The molecule has 2 atom stereocenters. The Morgan fingerprint density at radius 2 is 1.27 bits per heavy atom. The number of phenols is 2. The average Bonchev–Trinajstić information content (AvgIpc) is 2.66. The molecule has 0 saturated heterocycles. The van der Waals surface area contributed by atoms with Crippen molar-refractivity contribution < 1.29 is 29.9 Å². The number of hydrogen-bond acceptors (Lipinski definition) is 6. The van der Waals surface area contributed by atoms with Gasteiger partial charge in [-0.2, -0.15) is 0 Å². The minimum Gasteiger partial charge on any atom is -0.504 e. The number of benzene rings is 2. The Morgan fingerprint density at radius 1 is 0.731 bits per heavy atom. The van der Waals surface area contributed by atoms with Gasteiger partial charge in [0.2, 0.25) is 0 Å². The molecule has 0 heterocycles. The van der Waals surface area contributed by atoms with Gasteiger partial charge in [0.25, 0.3) is 0 Å². The molecule has 6 heteroatoms. The van der Waals surface area contributed by atoms with Gasteiger partial charge in [0.05, 0.1) is 14.2 Å². The fourth-order valence-electron chi connectivity index (χ4n) is 3.07. The smallest absolute Gasteiger partial charge is 0.160 e. The molecule has 2 unspecified atom stereocenters. The zero-order valence-electron chi connectivity index (χ0n) is 15.1. The number of methoxy groups -OCH3 is 2. The van der Waals surface area contributed by atoms with Crippen LogP contribution < -0.4 is 9.47 Å². The summed E-state index contributed by atoms with van der Waals surface area (Å²) in [6.07, 6.45) is 1.04. The van der Waals surface area contributed by atoms with Crippen molar-refractivity contribution in [3.63, 3.8) is 0 Å². The second-order valence-corrected chi connectivity index (χ2v) is 6.31. The van der Waals surface area contributed by atoms with Crippen LogP contribution in [0.2, 0.25) is 0 Å². The van der Waals surface area contributed by atoms with Crippen LogP contribution in [0, 0.1) is 11.8 Å². The molecule has 0 aromatic heterocycles. The molecule has 142 valence electrons. The van der Waals surface area contributed by atoms with Crippen LogP contribution in [-0.2, 0) is 12.8 Å². The van der Waals surface area contributed by atoms with Gasteiger partial charge in [0, 0.05) is 13.2 Å². The molecule has 2 aromatic carbocycles. The lowest BCUT2D eigenvalue weighted by molar-refractivity contribution is 0.119. The third-order valence-corrected chi connectivity index (χ3v) is 4.62. The van der Waals surface area contributed by atoms with Gasteiger partial charge in [-0.05, 0) is 60.1 Å². The van der Waals surface area contributed by atoms with Crippen LogP contribution in [-0.4, -0.2) is 47.9 Å². The van der Waals surface area contributed by atoms with Crippen LogP contribution >= 0.6 is 0 Å². The standard InChI is InChI=1S/C20H26O6/c1-25-19-6-4-14(10-20(19)26-2)8-16(12-22)15(11-21)7-13-3-5-17(23)18(24)9-13/h3-6,9-10,15-16,21-24H,7-8,11-12H2,1-2H3. The number of aliphatic hydroxyl groups is 2. The number of ether oxygens (including phenoxy) is 2. The molecular weight excluding hydrogens is 336 g/mol. The molecule has 0 radical (unpaired) electrons. The van der Waals surface area contributed by atoms with E-state index in [0.717, 1.165) is 11.1 Å². The highest BCUT2D eigenvalue weighted by atomic mass is 16.5. The highest BCUT2D eigenvalue weighted by molar-refractivity contribution is 5.43. The van der Waals surface area contributed by atoms with E-state index < -0.39 is 0 Å². The summed E-state index contributed by atoms with van der Waals surface area (Å²) in [5, 5.41) is 38.7. The first-order chi connectivity index (χ1) is 12.5. The minimum atomic E-state index is -0.197. The fourth-order valence-corrected chi connectivity index (χ4v) is 3.07. The number of aliphatic hydroxyl groups excluding tert-OH is 2. The van der Waals surface area contributed by atoms with Crippen molar-refractivity contribution in [1.82, 2.24) is 0 Å². The lowest BCUT2D eigenvalue weighted by atomic mass is 9.83. The maximum absolute atomic E-state index is 9.84. The summed E-state index contributed by atoms with van der Waals surface area (Å²) in [6.45, 7) is -0.177. The van der Waals surface area contributed by atoms with E-state index in [1.54, 1.807) is 20.3 Å². The molecule has 2 aromatic rings. The predicted octanol–water partition coefficient (Wildman–Crippen LogP) is 2.12. The molecule has 0 fully saturated rings. The first kappa shape index (κ1) is 19.9. The second-order valence-electron chi connectivity index (χ2n) is 6.31. The first-order valence-electron chi connectivity index (χ1n) is 8.45. The van der Waals surface area contributed by atoms with Crippen molar-refractivity contribution in [2.75, 3.05) is 27.4 Å². The average molecular weight is 362 g/mol. The lowest BCUT2D eigenvalue weighted by Gasteiger charge is -2.24. The van der Waals surface area contributed by atoms with Gasteiger partial charge in [-0.1, -0.05) is 12.1 Å². The van der Waals surface area contributed by atoms with Crippen LogP contribution in [0.1, 0.15) is 11.1 Å². The summed E-state index contributed by atoms with van der Waals surface area (Å²) >= 11 is 0. The van der Waals surface area contributed by atoms with E-state index in [1.165, 1.54) is 12.1 Å². The molecule has 0 aliphatic carbocycles. The molecule has 6 nitrogen and oxygen atoms in total. The summed E-state index contributed by atoms with van der Waals surface area (Å²) in [4.78, 5) is 0. The quantitative estimate of drug-likeness (QED) is 0.510. The summed E-state index contributed by atoms with van der Waals surface area (Å²) in [5.74, 6) is 0.504. The van der Waals surface area contributed by atoms with Crippen LogP contribution in [0.5, 0.6) is 23.0 Å². The number of rotatable bonds is 9. The Labute approximate surface area is 153 Å². The molecule has 0 bridgehead atoms. The van der Waals surface area contributed by atoms with E-state index in [-0.39, 0.29) is 36.5 Å². The topological polar surface area (TPSA) is 99.4 Å². The highest BCUT2D eigenvalue weighted by Gasteiger charge is 2.22. The van der Waals surface area contributed by atoms with Crippen LogP contribution in [0.4, 0.5) is 0 Å². The SMILES string of the molecule is COc1ccc(CC(CO)C(CO)Cc2ccc(O)c(O)c2)cc1OC. The van der Waals surface area contributed by atoms with Gasteiger partial charge in [0.1, 0.15) is 0 Å². The van der Waals surface area contributed by atoms with Crippen molar-refractivity contribution >= 4 is 0 Å². The molecule has 0 amide bonds. The molecule has 26 heavy (non-hydrogen) atoms. The van der Waals surface area contributed by atoms with Crippen molar-refractivity contribution in [2.24, 2.45) is 11.8 Å². The van der Waals surface area contributed by atoms with Gasteiger partial charge < -0.3 is 29.9 Å².